The third-order valence-electron chi connectivity index (χ3n) is 5.93. The Balaban J connectivity index is 1.31. The van der Waals surface area contributed by atoms with E-state index in [-0.39, 0.29) is 10.7 Å². The van der Waals surface area contributed by atoms with Crippen LogP contribution in [0.25, 0.3) is 17.0 Å². The van der Waals surface area contributed by atoms with Gasteiger partial charge in [0.15, 0.2) is 0 Å². The van der Waals surface area contributed by atoms with Crippen LogP contribution in [0.3, 0.4) is 0 Å². The normalized spacial score (nSPS) is 15.6. The number of carbonyl (C=O) groups is 2. The van der Waals surface area contributed by atoms with Crippen molar-refractivity contribution in [1.29, 1.82) is 0 Å². The second-order valence-corrected chi connectivity index (χ2v) is 9.99. The minimum Gasteiger partial charge on any atom is -0.489 e. The first kappa shape index (κ1) is 23.8. The lowest BCUT2D eigenvalue weighted by Gasteiger charge is -2.23. The molecular formula is C28H22N2O4S2. The molecule has 1 aromatic heterocycles. The number of aliphatic carboxylic acids is 1. The summed E-state index contributed by atoms with van der Waals surface area (Å²) in [6.07, 6.45) is 3.66. The van der Waals surface area contributed by atoms with Crippen LogP contribution in [-0.4, -0.2) is 37.2 Å². The minimum absolute atomic E-state index is 0.145. The maximum absolute atomic E-state index is 13.2. The van der Waals surface area contributed by atoms with Gasteiger partial charge in [-0.2, -0.15) is 0 Å². The molecule has 4 aromatic rings. The highest BCUT2D eigenvalue weighted by Gasteiger charge is 2.40. The number of nitrogens with zero attached hydrogens (tertiary/aromatic N) is 1. The second kappa shape index (κ2) is 10.4. The Hall–Kier alpha value is -3.88. The molecule has 1 aliphatic heterocycles. The van der Waals surface area contributed by atoms with E-state index in [4.69, 9.17) is 17.0 Å². The first-order chi connectivity index (χ1) is 17.5. The lowest BCUT2D eigenvalue weighted by Crippen LogP contribution is -2.45. The van der Waals surface area contributed by atoms with Crippen LogP contribution < -0.4 is 4.74 Å². The molecular weight excluding hydrogens is 492 g/mol. The minimum atomic E-state index is -1.10. The summed E-state index contributed by atoms with van der Waals surface area (Å²) >= 11 is 6.55. The fraction of sp³-hybridized carbons (Fsp3) is 0.107. The van der Waals surface area contributed by atoms with Gasteiger partial charge in [0.25, 0.3) is 5.91 Å². The SMILES string of the molecule is O=C(O)C(Cc1c[nH]c2ccccc12)N1C(=O)/C(=C/c2ccc(OCc3ccccc3)cc2)SC1=S. The van der Waals surface area contributed by atoms with E-state index in [2.05, 4.69) is 4.98 Å². The molecule has 3 aromatic carbocycles. The fourth-order valence-electron chi connectivity index (χ4n) is 4.10. The number of aromatic nitrogens is 1. The Bertz CT molecular complexity index is 1460. The van der Waals surface area contributed by atoms with Crippen molar-refractivity contribution in [1.82, 2.24) is 9.88 Å². The first-order valence-electron chi connectivity index (χ1n) is 11.3. The number of benzene rings is 3. The van der Waals surface area contributed by atoms with Gasteiger partial charge in [-0.15, -0.1) is 0 Å². The second-order valence-electron chi connectivity index (χ2n) is 8.31. The van der Waals surface area contributed by atoms with Gasteiger partial charge in [0.05, 0.1) is 4.91 Å². The van der Waals surface area contributed by atoms with Gasteiger partial charge in [-0.25, -0.2) is 4.79 Å². The molecule has 5 rings (SSSR count). The highest BCUT2D eigenvalue weighted by molar-refractivity contribution is 8.26. The van der Waals surface area contributed by atoms with Gasteiger partial charge in [0.2, 0.25) is 0 Å². The van der Waals surface area contributed by atoms with Crippen LogP contribution in [-0.2, 0) is 22.6 Å². The number of para-hydroxylation sites is 1. The zero-order chi connectivity index (χ0) is 25.1. The van der Waals surface area contributed by atoms with Crippen LogP contribution in [0.4, 0.5) is 0 Å². The van der Waals surface area contributed by atoms with Crippen molar-refractivity contribution in [2.45, 2.75) is 19.1 Å². The molecule has 36 heavy (non-hydrogen) atoms. The number of carboxylic acid groups (broad SMARTS) is 1. The highest BCUT2D eigenvalue weighted by atomic mass is 32.2. The lowest BCUT2D eigenvalue weighted by molar-refractivity contribution is -0.145. The molecule has 0 saturated carbocycles. The van der Waals surface area contributed by atoms with Crippen LogP contribution >= 0.6 is 24.0 Å². The van der Waals surface area contributed by atoms with Gasteiger partial charge in [-0.3, -0.25) is 9.69 Å². The summed E-state index contributed by atoms with van der Waals surface area (Å²) in [5.41, 5.74) is 3.61. The Morgan fingerprint density at radius 1 is 1.06 bits per heavy atom. The van der Waals surface area contributed by atoms with E-state index < -0.39 is 17.9 Å². The molecule has 1 aliphatic rings. The van der Waals surface area contributed by atoms with Gasteiger partial charge in [-0.1, -0.05) is 84.6 Å². The molecule has 1 unspecified atom stereocenters. The number of thiocarbonyl (C=S) groups is 1. The number of carbonyl (C=O) groups excluding carboxylic acids is 1. The number of ether oxygens (including phenoxy) is 1. The van der Waals surface area contributed by atoms with Crippen LogP contribution in [0.2, 0.25) is 0 Å². The lowest BCUT2D eigenvalue weighted by atomic mass is 10.0. The summed E-state index contributed by atoms with van der Waals surface area (Å²) in [7, 11) is 0. The van der Waals surface area contributed by atoms with E-state index in [1.165, 1.54) is 4.90 Å². The van der Waals surface area contributed by atoms with Crippen molar-refractivity contribution in [2.24, 2.45) is 0 Å². The number of aromatic amines is 1. The van der Waals surface area contributed by atoms with Gasteiger partial charge in [0.1, 0.15) is 22.7 Å². The average molecular weight is 515 g/mol. The number of carboxylic acids is 1. The van der Waals surface area contributed by atoms with E-state index in [0.717, 1.165) is 39.4 Å². The Morgan fingerprint density at radius 2 is 1.78 bits per heavy atom. The summed E-state index contributed by atoms with van der Waals surface area (Å²) in [5, 5.41) is 10.9. The van der Waals surface area contributed by atoms with Crippen molar-refractivity contribution in [3.05, 3.63) is 107 Å². The van der Waals surface area contributed by atoms with E-state index in [0.29, 0.717) is 17.3 Å². The zero-order valence-corrected chi connectivity index (χ0v) is 20.7. The first-order valence-corrected chi connectivity index (χ1v) is 12.5. The molecule has 2 heterocycles. The molecule has 6 nitrogen and oxygen atoms in total. The summed E-state index contributed by atoms with van der Waals surface area (Å²) in [6.45, 7) is 0.464. The predicted molar refractivity (Wildman–Crippen MR) is 146 cm³/mol. The Labute approximate surface area is 217 Å². The van der Waals surface area contributed by atoms with E-state index in [9.17, 15) is 14.7 Å². The number of hydrogen-bond acceptors (Lipinski definition) is 5. The van der Waals surface area contributed by atoms with Crippen LogP contribution in [0, 0.1) is 0 Å². The van der Waals surface area contributed by atoms with Gasteiger partial charge < -0.3 is 14.8 Å². The number of nitrogens with one attached hydrogen (secondary N) is 1. The summed E-state index contributed by atoms with van der Waals surface area (Å²) in [4.78, 5) is 30.2. The molecule has 0 spiro atoms. The van der Waals surface area contributed by atoms with Crippen molar-refractivity contribution >= 4 is 57.2 Å². The number of rotatable bonds is 8. The van der Waals surface area contributed by atoms with Gasteiger partial charge in [-0.05, 0) is 41.0 Å². The molecule has 8 heteroatoms. The zero-order valence-electron chi connectivity index (χ0n) is 19.1. The molecule has 1 fully saturated rings. The van der Waals surface area contributed by atoms with Crippen molar-refractivity contribution in [2.75, 3.05) is 0 Å². The van der Waals surface area contributed by atoms with Crippen molar-refractivity contribution in [3.8, 4) is 5.75 Å². The van der Waals surface area contributed by atoms with E-state index >= 15 is 0 Å². The highest BCUT2D eigenvalue weighted by Crippen LogP contribution is 2.35. The molecule has 1 saturated heterocycles. The van der Waals surface area contributed by atoms with E-state index in [1.54, 1.807) is 12.3 Å². The summed E-state index contributed by atoms with van der Waals surface area (Å²) in [5.74, 6) is -0.785. The third-order valence-corrected chi connectivity index (χ3v) is 7.27. The Kier molecular flexibility index (Phi) is 6.88. The van der Waals surface area contributed by atoms with Crippen LogP contribution in [0.1, 0.15) is 16.7 Å². The number of thioether (sulfide) groups is 1. The maximum atomic E-state index is 13.2. The standard InChI is InChI=1S/C28H22N2O4S2/c31-26-25(14-18-10-12-21(13-11-18)34-17-19-6-2-1-3-7-19)36-28(35)30(26)24(27(32)33)15-20-16-29-23-9-5-4-8-22(20)23/h1-14,16,24,29H,15,17H2,(H,32,33)/b25-14-. The Morgan fingerprint density at radius 3 is 2.53 bits per heavy atom. The van der Waals surface area contributed by atoms with Crippen LogP contribution in [0.5, 0.6) is 5.75 Å². The largest absolute Gasteiger partial charge is 0.489 e. The average Bonchev–Trinajstić information content (AvgIpc) is 3.42. The summed E-state index contributed by atoms with van der Waals surface area (Å²) in [6, 6.07) is 23.8. The molecule has 0 bridgehead atoms. The van der Waals surface area contributed by atoms with Crippen molar-refractivity contribution < 1.29 is 19.4 Å². The third kappa shape index (κ3) is 5.05. The van der Waals surface area contributed by atoms with Gasteiger partial charge in [0, 0.05) is 23.5 Å². The summed E-state index contributed by atoms with van der Waals surface area (Å²) < 4.78 is 6.06. The molecule has 1 amide bonds. The number of hydrogen-bond donors (Lipinski definition) is 2. The number of H-pyrrole nitrogens is 1. The molecule has 0 aliphatic carbocycles. The monoisotopic (exact) mass is 514 g/mol. The topological polar surface area (TPSA) is 82.6 Å². The molecule has 2 N–H and O–H groups in total. The number of fused-ring (bicyclic) bond motifs is 1. The molecule has 180 valence electrons. The fourth-order valence-corrected chi connectivity index (χ4v) is 5.46. The number of amides is 1. The smallest absolute Gasteiger partial charge is 0.327 e. The predicted octanol–water partition coefficient (Wildman–Crippen LogP) is 5.64. The molecule has 1 atom stereocenters. The van der Waals surface area contributed by atoms with Crippen LogP contribution in [0.15, 0.2) is 90.0 Å². The van der Waals surface area contributed by atoms with Crippen molar-refractivity contribution in [3.63, 3.8) is 0 Å². The quantitative estimate of drug-likeness (QED) is 0.234. The molecule has 0 radical (unpaired) electrons. The maximum Gasteiger partial charge on any atom is 0.327 e. The van der Waals surface area contributed by atoms with Gasteiger partial charge >= 0.3 is 5.97 Å². The van der Waals surface area contributed by atoms with E-state index in [1.807, 2.05) is 78.9 Å².